The van der Waals surface area contributed by atoms with Gasteiger partial charge in [0.2, 0.25) is 0 Å². The number of nitro groups is 1. The monoisotopic (exact) mass is 280 g/mol. The summed E-state index contributed by atoms with van der Waals surface area (Å²) in [7, 11) is 4.14. The van der Waals surface area contributed by atoms with Crippen molar-refractivity contribution in [2.24, 2.45) is 0 Å². The molecule has 0 radical (unpaired) electrons. The van der Waals surface area contributed by atoms with E-state index in [0.29, 0.717) is 11.4 Å². The molecule has 0 aromatic heterocycles. The van der Waals surface area contributed by atoms with Gasteiger partial charge < -0.3 is 16.0 Å². The van der Waals surface area contributed by atoms with E-state index in [1.807, 2.05) is 0 Å². The molecule has 0 spiro atoms. The van der Waals surface area contributed by atoms with Crippen LogP contribution >= 0.6 is 0 Å². The highest BCUT2D eigenvalue weighted by molar-refractivity contribution is 5.66. The number of anilines is 2. The molecule has 0 atom stereocenters. The van der Waals surface area contributed by atoms with Gasteiger partial charge in [-0.15, -0.1) is 0 Å². The van der Waals surface area contributed by atoms with Crippen LogP contribution in [0.25, 0.3) is 0 Å². The highest BCUT2D eigenvalue weighted by Crippen LogP contribution is 2.26. The van der Waals surface area contributed by atoms with Crippen molar-refractivity contribution in [2.75, 3.05) is 38.2 Å². The fraction of sp³-hybridized carbons (Fsp3) is 0.571. The van der Waals surface area contributed by atoms with Crippen LogP contribution in [0, 0.1) is 10.1 Å². The minimum atomic E-state index is -0.407. The number of hydrogen-bond acceptors (Lipinski definition) is 5. The first kappa shape index (κ1) is 16.2. The third kappa shape index (κ3) is 5.88. The Morgan fingerprint density at radius 3 is 2.60 bits per heavy atom. The van der Waals surface area contributed by atoms with Crippen molar-refractivity contribution in [1.82, 2.24) is 4.90 Å². The van der Waals surface area contributed by atoms with E-state index in [-0.39, 0.29) is 5.69 Å². The fourth-order valence-corrected chi connectivity index (χ4v) is 1.98. The highest BCUT2D eigenvalue weighted by Gasteiger charge is 2.13. The van der Waals surface area contributed by atoms with Crippen LogP contribution in [0.2, 0.25) is 0 Å². The number of unbranched alkanes of at least 4 members (excludes halogenated alkanes) is 3. The lowest BCUT2D eigenvalue weighted by Crippen LogP contribution is -2.12. The van der Waals surface area contributed by atoms with E-state index in [2.05, 4.69) is 24.3 Å². The lowest BCUT2D eigenvalue weighted by atomic mass is 10.2. The zero-order chi connectivity index (χ0) is 15.0. The molecule has 0 amide bonds. The molecule has 112 valence electrons. The normalized spacial score (nSPS) is 10.8. The first-order valence-electron chi connectivity index (χ1n) is 6.93. The molecule has 6 nitrogen and oxygen atoms in total. The molecule has 0 heterocycles. The van der Waals surface area contributed by atoms with Gasteiger partial charge in [0, 0.05) is 18.3 Å². The van der Waals surface area contributed by atoms with Crippen LogP contribution in [0.5, 0.6) is 0 Å². The van der Waals surface area contributed by atoms with Gasteiger partial charge in [-0.05, 0) is 45.6 Å². The van der Waals surface area contributed by atoms with Crippen LogP contribution < -0.4 is 11.1 Å². The molecule has 20 heavy (non-hydrogen) atoms. The van der Waals surface area contributed by atoms with Crippen LogP contribution in [-0.2, 0) is 0 Å². The van der Waals surface area contributed by atoms with Crippen LogP contribution in [0.1, 0.15) is 25.7 Å². The van der Waals surface area contributed by atoms with Crippen LogP contribution in [0.3, 0.4) is 0 Å². The maximum absolute atomic E-state index is 10.9. The molecular formula is C14H24N4O2. The number of nitrogens with zero attached hydrogens (tertiary/aromatic N) is 2. The van der Waals surface area contributed by atoms with Gasteiger partial charge in [0.15, 0.2) is 0 Å². The summed E-state index contributed by atoms with van der Waals surface area (Å²) >= 11 is 0. The maximum Gasteiger partial charge on any atom is 0.294 e. The third-order valence-corrected chi connectivity index (χ3v) is 3.07. The van der Waals surface area contributed by atoms with Gasteiger partial charge in [0.05, 0.1) is 4.92 Å². The first-order chi connectivity index (χ1) is 9.50. The van der Waals surface area contributed by atoms with Gasteiger partial charge in [-0.25, -0.2) is 0 Å². The number of hydrogen-bond donors (Lipinski definition) is 2. The Bertz CT molecular complexity index is 435. The molecule has 1 aromatic rings. The Labute approximate surface area is 120 Å². The minimum absolute atomic E-state index is 0.0395. The molecule has 6 heteroatoms. The molecule has 0 bridgehead atoms. The Morgan fingerprint density at radius 1 is 1.25 bits per heavy atom. The van der Waals surface area contributed by atoms with E-state index in [9.17, 15) is 10.1 Å². The number of nitrogens with two attached hydrogens (primary N) is 1. The van der Waals surface area contributed by atoms with Crippen molar-refractivity contribution in [3.05, 3.63) is 28.3 Å². The summed E-state index contributed by atoms with van der Waals surface area (Å²) in [4.78, 5) is 12.7. The van der Waals surface area contributed by atoms with Gasteiger partial charge in [-0.3, -0.25) is 10.1 Å². The molecule has 0 saturated carbocycles. The number of nitrogen functional groups attached to an aromatic ring is 1. The van der Waals surface area contributed by atoms with Crippen molar-refractivity contribution in [3.63, 3.8) is 0 Å². The largest absolute Gasteiger partial charge is 0.399 e. The van der Waals surface area contributed by atoms with E-state index in [4.69, 9.17) is 5.73 Å². The van der Waals surface area contributed by atoms with Gasteiger partial charge in [-0.1, -0.05) is 12.8 Å². The van der Waals surface area contributed by atoms with Gasteiger partial charge in [-0.2, -0.15) is 0 Å². The topological polar surface area (TPSA) is 84.4 Å². The second kappa shape index (κ2) is 8.37. The standard InChI is InChI=1S/C14H24N4O2/c1-17(2)10-6-4-3-5-9-16-13-8-7-12(15)11-14(13)18(19)20/h7-8,11,16H,3-6,9-10,15H2,1-2H3. The summed E-state index contributed by atoms with van der Waals surface area (Å²) in [5, 5.41) is 14.0. The van der Waals surface area contributed by atoms with E-state index in [1.165, 1.54) is 18.9 Å². The lowest BCUT2D eigenvalue weighted by Gasteiger charge is -2.09. The van der Waals surface area contributed by atoms with Crippen LogP contribution in [-0.4, -0.2) is 37.0 Å². The second-order valence-corrected chi connectivity index (χ2v) is 5.18. The first-order valence-corrected chi connectivity index (χ1v) is 6.93. The predicted octanol–water partition coefficient (Wildman–Crippen LogP) is 2.71. The Balaban J connectivity index is 2.30. The summed E-state index contributed by atoms with van der Waals surface area (Å²) in [6.07, 6.45) is 4.51. The molecule has 3 N–H and O–H groups in total. The predicted molar refractivity (Wildman–Crippen MR) is 83.0 cm³/mol. The molecule has 1 rings (SSSR count). The maximum atomic E-state index is 10.9. The minimum Gasteiger partial charge on any atom is -0.399 e. The van der Waals surface area contributed by atoms with Crippen LogP contribution in [0.4, 0.5) is 17.1 Å². The molecule has 0 aliphatic rings. The SMILES string of the molecule is CN(C)CCCCCCNc1ccc(N)cc1[N+](=O)[O-]. The van der Waals surface area contributed by atoms with Gasteiger partial charge in [0.25, 0.3) is 5.69 Å². The van der Waals surface area contributed by atoms with Crippen molar-refractivity contribution in [2.45, 2.75) is 25.7 Å². The molecule has 0 aliphatic heterocycles. The molecular weight excluding hydrogens is 256 g/mol. The number of nitro benzene ring substituents is 1. The smallest absolute Gasteiger partial charge is 0.294 e. The van der Waals surface area contributed by atoms with E-state index in [1.54, 1.807) is 12.1 Å². The fourth-order valence-electron chi connectivity index (χ4n) is 1.98. The Morgan fingerprint density at radius 2 is 1.95 bits per heavy atom. The molecule has 0 aliphatic carbocycles. The highest BCUT2D eigenvalue weighted by atomic mass is 16.6. The molecule has 0 fully saturated rings. The summed E-state index contributed by atoms with van der Waals surface area (Å²) < 4.78 is 0. The van der Waals surface area contributed by atoms with E-state index >= 15 is 0 Å². The zero-order valence-electron chi connectivity index (χ0n) is 12.3. The summed E-state index contributed by atoms with van der Waals surface area (Å²) in [6.45, 7) is 1.85. The molecule has 0 unspecified atom stereocenters. The van der Waals surface area contributed by atoms with Crippen LogP contribution in [0.15, 0.2) is 18.2 Å². The summed E-state index contributed by atoms with van der Waals surface area (Å²) in [5.41, 5.74) is 6.55. The molecule has 0 saturated heterocycles. The van der Waals surface area contributed by atoms with E-state index in [0.717, 1.165) is 25.9 Å². The lowest BCUT2D eigenvalue weighted by molar-refractivity contribution is -0.383. The number of nitrogens with one attached hydrogen (secondary N) is 1. The van der Waals surface area contributed by atoms with E-state index < -0.39 is 4.92 Å². The average Bonchev–Trinajstić information content (AvgIpc) is 2.38. The van der Waals surface area contributed by atoms with Crippen molar-refractivity contribution in [1.29, 1.82) is 0 Å². The van der Waals surface area contributed by atoms with Crippen molar-refractivity contribution < 1.29 is 4.92 Å². The van der Waals surface area contributed by atoms with Gasteiger partial charge in [0.1, 0.15) is 5.69 Å². The molecule has 1 aromatic carbocycles. The van der Waals surface area contributed by atoms with Crippen molar-refractivity contribution in [3.8, 4) is 0 Å². The Kier molecular flexibility index (Phi) is 6.79. The summed E-state index contributed by atoms with van der Waals surface area (Å²) in [5.74, 6) is 0. The van der Waals surface area contributed by atoms with Crippen molar-refractivity contribution >= 4 is 17.1 Å². The second-order valence-electron chi connectivity index (χ2n) is 5.18. The summed E-state index contributed by atoms with van der Waals surface area (Å²) in [6, 6.07) is 4.73. The quantitative estimate of drug-likeness (QED) is 0.314. The average molecular weight is 280 g/mol. The number of rotatable bonds is 9. The number of benzene rings is 1. The third-order valence-electron chi connectivity index (χ3n) is 3.07. The zero-order valence-corrected chi connectivity index (χ0v) is 12.3. The Hall–Kier alpha value is -1.82. The van der Waals surface area contributed by atoms with Gasteiger partial charge >= 0.3 is 0 Å².